The van der Waals surface area contributed by atoms with E-state index < -0.39 is 5.41 Å². The molecule has 2 rings (SSSR count). The van der Waals surface area contributed by atoms with Crippen LogP contribution in [0.25, 0.3) is 11.3 Å². The molecule has 0 spiro atoms. The van der Waals surface area contributed by atoms with Gasteiger partial charge in [0.1, 0.15) is 0 Å². The van der Waals surface area contributed by atoms with Crippen LogP contribution in [0, 0.1) is 5.41 Å². The van der Waals surface area contributed by atoms with Crippen LogP contribution in [0.2, 0.25) is 0 Å². The molecule has 0 atom stereocenters. The van der Waals surface area contributed by atoms with Gasteiger partial charge >= 0.3 is 0 Å². The summed E-state index contributed by atoms with van der Waals surface area (Å²) in [5.74, 6) is 0.0416. The van der Waals surface area contributed by atoms with Crippen molar-refractivity contribution in [3.8, 4) is 11.3 Å². The first-order valence-electron chi connectivity index (χ1n) is 7.45. The van der Waals surface area contributed by atoms with Crippen molar-refractivity contribution in [1.29, 1.82) is 0 Å². The predicted molar refractivity (Wildman–Crippen MR) is 88.2 cm³/mol. The maximum absolute atomic E-state index is 11.8. The number of amides is 1. The maximum atomic E-state index is 11.8. The second-order valence-electron chi connectivity index (χ2n) is 6.06. The van der Waals surface area contributed by atoms with Gasteiger partial charge in [0.15, 0.2) is 0 Å². The quantitative estimate of drug-likeness (QED) is 0.857. The Morgan fingerprint density at radius 3 is 2.64 bits per heavy atom. The zero-order valence-electron chi connectivity index (χ0n) is 13.7. The van der Waals surface area contributed by atoms with Crippen LogP contribution >= 0.6 is 0 Å². The van der Waals surface area contributed by atoms with Crippen molar-refractivity contribution in [3.05, 3.63) is 42.1 Å². The highest BCUT2D eigenvalue weighted by molar-refractivity contribution is 5.81. The lowest BCUT2D eigenvalue weighted by Crippen LogP contribution is -2.41. The summed E-state index contributed by atoms with van der Waals surface area (Å²) >= 11 is 0. The van der Waals surface area contributed by atoms with Crippen molar-refractivity contribution >= 4 is 5.91 Å². The fraction of sp³-hybridized carbons (Fsp3) is 0.412. The number of hydrogen-bond acceptors (Lipinski definition) is 3. The third kappa shape index (κ3) is 3.54. The molecular weight excluding hydrogens is 276 g/mol. The van der Waals surface area contributed by atoms with Gasteiger partial charge in [0.25, 0.3) is 0 Å². The van der Waals surface area contributed by atoms with Gasteiger partial charge in [-0.3, -0.25) is 9.48 Å². The number of nitrogens with one attached hydrogen (secondary N) is 2. The Morgan fingerprint density at radius 2 is 2.00 bits per heavy atom. The second-order valence-corrected chi connectivity index (χ2v) is 6.06. The van der Waals surface area contributed by atoms with E-state index in [1.165, 1.54) is 5.56 Å². The number of hydrogen-bond donors (Lipinski definition) is 2. The Labute approximate surface area is 131 Å². The lowest BCUT2D eigenvalue weighted by molar-refractivity contribution is -0.128. The first-order chi connectivity index (χ1) is 10.5. The molecule has 0 fully saturated rings. The normalized spacial score (nSPS) is 11.5. The van der Waals surface area contributed by atoms with Crippen LogP contribution in [-0.2, 0) is 18.4 Å². The summed E-state index contributed by atoms with van der Waals surface area (Å²) in [5, 5.41) is 10.3. The van der Waals surface area contributed by atoms with Crippen LogP contribution < -0.4 is 10.6 Å². The number of aromatic nitrogens is 2. The second kappa shape index (κ2) is 6.75. The molecular formula is C17H24N4O. The van der Waals surface area contributed by atoms with Gasteiger partial charge in [0.2, 0.25) is 5.91 Å². The molecule has 1 heterocycles. The van der Waals surface area contributed by atoms with Gasteiger partial charge in [-0.15, -0.1) is 0 Å². The molecule has 0 unspecified atom stereocenters. The first-order valence-corrected chi connectivity index (χ1v) is 7.45. The molecule has 0 radical (unpaired) electrons. The summed E-state index contributed by atoms with van der Waals surface area (Å²) in [6, 6.07) is 10.3. The molecule has 118 valence electrons. The van der Waals surface area contributed by atoms with E-state index in [0.717, 1.165) is 11.3 Å². The Morgan fingerprint density at radius 1 is 1.27 bits per heavy atom. The summed E-state index contributed by atoms with van der Waals surface area (Å²) in [6.07, 6.45) is 1.80. The van der Waals surface area contributed by atoms with Crippen molar-refractivity contribution in [2.75, 3.05) is 13.6 Å². The molecule has 1 amide bonds. The summed E-state index contributed by atoms with van der Waals surface area (Å²) < 4.78 is 1.87. The van der Waals surface area contributed by atoms with E-state index in [-0.39, 0.29) is 5.91 Å². The zero-order valence-corrected chi connectivity index (χ0v) is 13.7. The molecule has 0 bridgehead atoms. The Hall–Kier alpha value is -2.14. The molecule has 0 aliphatic carbocycles. The van der Waals surface area contributed by atoms with Gasteiger partial charge in [0, 0.05) is 38.9 Å². The summed E-state index contributed by atoms with van der Waals surface area (Å²) in [6.45, 7) is 5.20. The molecule has 2 aromatic rings. The minimum Gasteiger partial charge on any atom is -0.359 e. The topological polar surface area (TPSA) is 59.0 Å². The van der Waals surface area contributed by atoms with E-state index in [9.17, 15) is 4.79 Å². The number of benzene rings is 1. The largest absolute Gasteiger partial charge is 0.359 e. The van der Waals surface area contributed by atoms with E-state index in [1.807, 2.05) is 43.8 Å². The van der Waals surface area contributed by atoms with Gasteiger partial charge in [-0.05, 0) is 25.5 Å². The van der Waals surface area contributed by atoms with Crippen molar-refractivity contribution in [2.24, 2.45) is 12.5 Å². The predicted octanol–water partition coefficient (Wildman–Crippen LogP) is 1.95. The molecule has 1 aromatic heterocycles. The molecule has 0 saturated heterocycles. The third-order valence-electron chi connectivity index (χ3n) is 3.84. The van der Waals surface area contributed by atoms with E-state index in [0.29, 0.717) is 13.1 Å². The number of nitrogens with zero attached hydrogens (tertiary/aromatic N) is 2. The van der Waals surface area contributed by atoms with E-state index >= 15 is 0 Å². The van der Waals surface area contributed by atoms with E-state index in [2.05, 4.69) is 27.9 Å². The minimum absolute atomic E-state index is 0.0416. The van der Waals surface area contributed by atoms with Crippen LogP contribution in [0.4, 0.5) is 0 Å². The van der Waals surface area contributed by atoms with E-state index in [1.54, 1.807) is 13.2 Å². The van der Waals surface area contributed by atoms with Gasteiger partial charge in [0.05, 0.1) is 11.1 Å². The van der Waals surface area contributed by atoms with Crippen molar-refractivity contribution in [1.82, 2.24) is 20.4 Å². The van der Waals surface area contributed by atoms with Gasteiger partial charge in [-0.1, -0.05) is 24.3 Å². The highest BCUT2D eigenvalue weighted by atomic mass is 16.2. The molecule has 2 N–H and O–H groups in total. The molecule has 0 saturated carbocycles. The fourth-order valence-electron chi connectivity index (χ4n) is 2.49. The molecule has 5 heteroatoms. The van der Waals surface area contributed by atoms with Crippen LogP contribution in [0.3, 0.4) is 0 Å². The van der Waals surface area contributed by atoms with Crippen molar-refractivity contribution in [2.45, 2.75) is 20.4 Å². The molecule has 0 aliphatic rings. The Bertz CT molecular complexity index is 646. The highest BCUT2D eigenvalue weighted by Crippen LogP contribution is 2.23. The number of aryl methyl sites for hydroxylation is 1. The number of rotatable bonds is 6. The summed E-state index contributed by atoms with van der Waals surface area (Å²) in [4.78, 5) is 11.8. The minimum atomic E-state index is -0.434. The zero-order chi connectivity index (χ0) is 16.2. The lowest BCUT2D eigenvalue weighted by atomic mass is 9.92. The molecule has 22 heavy (non-hydrogen) atoms. The smallest absolute Gasteiger partial charge is 0.226 e. The molecule has 0 aliphatic heterocycles. The molecule has 1 aromatic carbocycles. The lowest BCUT2D eigenvalue weighted by Gasteiger charge is -2.23. The average Bonchev–Trinajstić information content (AvgIpc) is 2.92. The first kappa shape index (κ1) is 16.2. The van der Waals surface area contributed by atoms with Crippen LogP contribution in [-0.4, -0.2) is 29.3 Å². The van der Waals surface area contributed by atoms with Crippen LogP contribution in [0.5, 0.6) is 0 Å². The van der Waals surface area contributed by atoms with Crippen molar-refractivity contribution < 1.29 is 4.79 Å². The van der Waals surface area contributed by atoms with Crippen molar-refractivity contribution in [3.63, 3.8) is 0 Å². The van der Waals surface area contributed by atoms with Gasteiger partial charge in [-0.2, -0.15) is 5.10 Å². The van der Waals surface area contributed by atoms with Crippen LogP contribution in [0.15, 0.2) is 36.5 Å². The highest BCUT2D eigenvalue weighted by Gasteiger charge is 2.25. The average molecular weight is 300 g/mol. The van der Waals surface area contributed by atoms with Crippen LogP contribution in [0.1, 0.15) is 19.4 Å². The number of carbonyl (C=O) groups excluding carboxylic acids is 1. The maximum Gasteiger partial charge on any atom is 0.226 e. The fourth-order valence-corrected chi connectivity index (χ4v) is 2.49. The Balaban J connectivity index is 2.09. The standard InChI is InChI=1S/C17H24N4O/c1-17(2,16(22)18-3)12-19-11-13-7-5-6-8-14(13)15-9-10-20-21(15)4/h5-10,19H,11-12H2,1-4H3,(H,18,22). The van der Waals surface area contributed by atoms with Gasteiger partial charge < -0.3 is 10.6 Å². The Kier molecular flexibility index (Phi) is 4.98. The van der Waals surface area contributed by atoms with Gasteiger partial charge in [-0.25, -0.2) is 0 Å². The summed E-state index contributed by atoms with van der Waals surface area (Å²) in [5.41, 5.74) is 3.01. The monoisotopic (exact) mass is 300 g/mol. The SMILES string of the molecule is CNC(=O)C(C)(C)CNCc1ccccc1-c1ccnn1C. The third-order valence-corrected chi connectivity index (χ3v) is 3.84. The van der Waals surface area contributed by atoms with E-state index in [4.69, 9.17) is 0 Å². The summed E-state index contributed by atoms with van der Waals surface area (Å²) in [7, 11) is 3.61. The molecule has 5 nitrogen and oxygen atoms in total. The number of carbonyl (C=O) groups is 1.